The highest BCUT2D eigenvalue weighted by Gasteiger charge is 2.11. The molecule has 0 radical (unpaired) electrons. The summed E-state index contributed by atoms with van der Waals surface area (Å²) < 4.78 is 11.1. The van der Waals surface area contributed by atoms with Crippen LogP contribution in [-0.2, 0) is 0 Å². The molecule has 0 aliphatic heterocycles. The molecule has 6 nitrogen and oxygen atoms in total. The molecule has 0 saturated heterocycles. The van der Waals surface area contributed by atoms with Crippen molar-refractivity contribution in [2.45, 2.75) is 0 Å². The minimum Gasteiger partial charge on any atom is -0.497 e. The number of nitrogens with one attached hydrogen (secondary N) is 2. The topological polar surface area (TPSA) is 76.7 Å². The molecule has 0 aromatic heterocycles. The Morgan fingerprint density at radius 2 is 1.30 bits per heavy atom. The molecule has 2 rings (SSSR count). The third-order valence-electron chi connectivity index (χ3n) is 3.01. The number of rotatable bonds is 4. The molecular weight excluding hydrogens is 364 g/mol. The van der Waals surface area contributed by atoms with Crippen LogP contribution in [0.3, 0.4) is 0 Å². The Labute approximate surface area is 141 Å². The van der Waals surface area contributed by atoms with Gasteiger partial charge in [-0.05, 0) is 36.4 Å². The van der Waals surface area contributed by atoms with Crippen LogP contribution in [0.15, 0.2) is 46.9 Å². The van der Waals surface area contributed by atoms with Crippen molar-refractivity contribution in [2.75, 3.05) is 14.2 Å². The fraction of sp³-hybridized carbons (Fsp3) is 0.125. The quantitative estimate of drug-likeness (QED) is 0.801. The SMILES string of the molecule is COc1cc(OC)cc(C(=O)NNC(=O)c2ccc(Br)cc2)c1. The van der Waals surface area contributed by atoms with Crippen molar-refractivity contribution in [3.8, 4) is 11.5 Å². The lowest BCUT2D eigenvalue weighted by atomic mass is 10.2. The van der Waals surface area contributed by atoms with Crippen molar-refractivity contribution in [3.63, 3.8) is 0 Å². The second-order valence-electron chi connectivity index (χ2n) is 4.52. The molecule has 2 aromatic carbocycles. The first-order chi connectivity index (χ1) is 11.0. The van der Waals surface area contributed by atoms with E-state index in [1.54, 1.807) is 42.5 Å². The van der Waals surface area contributed by atoms with E-state index in [1.165, 1.54) is 14.2 Å². The lowest BCUT2D eigenvalue weighted by Gasteiger charge is -2.10. The number of benzene rings is 2. The number of hydrogen-bond donors (Lipinski definition) is 2. The van der Waals surface area contributed by atoms with Crippen LogP contribution in [0.2, 0.25) is 0 Å². The van der Waals surface area contributed by atoms with E-state index in [4.69, 9.17) is 9.47 Å². The maximum atomic E-state index is 12.1. The highest BCUT2D eigenvalue weighted by Crippen LogP contribution is 2.22. The fourth-order valence-electron chi connectivity index (χ4n) is 1.80. The molecule has 2 N–H and O–H groups in total. The Morgan fingerprint density at radius 3 is 1.78 bits per heavy atom. The molecule has 7 heteroatoms. The Hall–Kier alpha value is -2.54. The van der Waals surface area contributed by atoms with Crippen molar-refractivity contribution < 1.29 is 19.1 Å². The summed E-state index contributed by atoms with van der Waals surface area (Å²) in [7, 11) is 2.98. The molecule has 2 amide bonds. The van der Waals surface area contributed by atoms with E-state index in [1.807, 2.05) is 0 Å². The van der Waals surface area contributed by atoms with Gasteiger partial charge in [0.2, 0.25) is 0 Å². The Balaban J connectivity index is 2.04. The van der Waals surface area contributed by atoms with Gasteiger partial charge in [0.15, 0.2) is 0 Å². The molecule has 2 aromatic rings. The van der Waals surface area contributed by atoms with Gasteiger partial charge in [-0.3, -0.25) is 20.4 Å². The standard InChI is InChI=1S/C16H15BrN2O4/c1-22-13-7-11(8-14(9-13)23-2)16(21)19-18-15(20)10-3-5-12(17)6-4-10/h3-9H,1-2H3,(H,18,20)(H,19,21). The van der Waals surface area contributed by atoms with Crippen LogP contribution in [0.4, 0.5) is 0 Å². The van der Waals surface area contributed by atoms with Crippen LogP contribution < -0.4 is 20.3 Å². The fourth-order valence-corrected chi connectivity index (χ4v) is 2.06. The molecule has 0 aliphatic rings. The van der Waals surface area contributed by atoms with Crippen molar-refractivity contribution in [3.05, 3.63) is 58.1 Å². The van der Waals surface area contributed by atoms with Gasteiger partial charge in [-0.15, -0.1) is 0 Å². The molecule has 0 saturated carbocycles. The van der Waals surface area contributed by atoms with Gasteiger partial charge in [0.25, 0.3) is 11.8 Å². The van der Waals surface area contributed by atoms with Gasteiger partial charge in [-0.2, -0.15) is 0 Å². The second-order valence-corrected chi connectivity index (χ2v) is 5.43. The monoisotopic (exact) mass is 378 g/mol. The first-order valence-corrected chi connectivity index (χ1v) is 7.42. The molecule has 0 fully saturated rings. The number of hydrazine groups is 1. The number of hydrogen-bond acceptors (Lipinski definition) is 4. The van der Waals surface area contributed by atoms with E-state index in [2.05, 4.69) is 26.8 Å². The van der Waals surface area contributed by atoms with Gasteiger partial charge in [0.05, 0.1) is 14.2 Å². The van der Waals surface area contributed by atoms with Crippen molar-refractivity contribution in [2.24, 2.45) is 0 Å². The maximum Gasteiger partial charge on any atom is 0.269 e. The average Bonchev–Trinajstić information content (AvgIpc) is 2.59. The third-order valence-corrected chi connectivity index (χ3v) is 3.54. The molecule has 0 bridgehead atoms. The Morgan fingerprint density at radius 1 is 0.826 bits per heavy atom. The Kier molecular flexibility index (Phi) is 5.59. The number of halogens is 1. The third kappa shape index (κ3) is 4.46. The number of carbonyl (C=O) groups excluding carboxylic acids is 2. The summed E-state index contributed by atoms with van der Waals surface area (Å²) in [6.45, 7) is 0. The summed E-state index contributed by atoms with van der Waals surface area (Å²) in [6.07, 6.45) is 0. The van der Waals surface area contributed by atoms with E-state index >= 15 is 0 Å². The van der Waals surface area contributed by atoms with E-state index in [0.717, 1.165) is 4.47 Å². The number of amides is 2. The molecule has 23 heavy (non-hydrogen) atoms. The normalized spacial score (nSPS) is 9.87. The predicted octanol–water partition coefficient (Wildman–Crippen LogP) is 2.54. The van der Waals surface area contributed by atoms with E-state index in [-0.39, 0.29) is 0 Å². The average molecular weight is 379 g/mol. The largest absolute Gasteiger partial charge is 0.497 e. The van der Waals surface area contributed by atoms with E-state index < -0.39 is 11.8 Å². The zero-order chi connectivity index (χ0) is 16.8. The first-order valence-electron chi connectivity index (χ1n) is 6.63. The minimum atomic E-state index is -0.479. The van der Waals surface area contributed by atoms with Gasteiger partial charge in [-0.25, -0.2) is 0 Å². The van der Waals surface area contributed by atoms with Crippen LogP contribution in [-0.4, -0.2) is 26.0 Å². The molecule has 0 heterocycles. The van der Waals surface area contributed by atoms with Crippen molar-refractivity contribution >= 4 is 27.7 Å². The molecule has 0 atom stereocenters. The maximum absolute atomic E-state index is 12.1. The van der Waals surface area contributed by atoms with Gasteiger partial charge >= 0.3 is 0 Å². The first kappa shape index (κ1) is 16.8. The second kappa shape index (κ2) is 7.64. The van der Waals surface area contributed by atoms with Crippen LogP contribution >= 0.6 is 15.9 Å². The van der Waals surface area contributed by atoms with Crippen molar-refractivity contribution in [1.82, 2.24) is 10.9 Å². The Bertz CT molecular complexity index is 694. The summed E-state index contributed by atoms with van der Waals surface area (Å²) in [5.41, 5.74) is 5.44. The van der Waals surface area contributed by atoms with Crippen LogP contribution in [0.5, 0.6) is 11.5 Å². The lowest BCUT2D eigenvalue weighted by Crippen LogP contribution is -2.41. The summed E-state index contributed by atoms with van der Waals surface area (Å²) in [6, 6.07) is 11.5. The van der Waals surface area contributed by atoms with E-state index in [9.17, 15) is 9.59 Å². The number of carbonyl (C=O) groups is 2. The molecule has 0 unspecified atom stereocenters. The minimum absolute atomic E-state index is 0.303. The smallest absolute Gasteiger partial charge is 0.269 e. The van der Waals surface area contributed by atoms with Gasteiger partial charge < -0.3 is 9.47 Å². The van der Waals surface area contributed by atoms with Gasteiger partial charge in [0.1, 0.15) is 11.5 Å². The summed E-state index contributed by atoms with van der Waals surface area (Å²) in [5, 5.41) is 0. The molecular formula is C16H15BrN2O4. The van der Waals surface area contributed by atoms with Gasteiger partial charge in [0, 0.05) is 21.7 Å². The highest BCUT2D eigenvalue weighted by atomic mass is 79.9. The molecule has 0 aliphatic carbocycles. The summed E-state index contributed by atoms with van der Waals surface area (Å²) >= 11 is 3.29. The van der Waals surface area contributed by atoms with Crippen LogP contribution in [0, 0.1) is 0 Å². The molecule has 120 valence electrons. The number of ether oxygens (including phenoxy) is 2. The van der Waals surface area contributed by atoms with Crippen molar-refractivity contribution in [1.29, 1.82) is 0 Å². The molecule has 0 spiro atoms. The number of methoxy groups -OCH3 is 2. The summed E-state index contributed by atoms with van der Waals surface area (Å²) in [5.74, 6) is 0.0656. The predicted molar refractivity (Wildman–Crippen MR) is 88.6 cm³/mol. The van der Waals surface area contributed by atoms with Crippen LogP contribution in [0.25, 0.3) is 0 Å². The van der Waals surface area contributed by atoms with Crippen LogP contribution in [0.1, 0.15) is 20.7 Å². The zero-order valence-electron chi connectivity index (χ0n) is 12.6. The lowest BCUT2D eigenvalue weighted by molar-refractivity contribution is 0.0846. The van der Waals surface area contributed by atoms with E-state index in [0.29, 0.717) is 22.6 Å². The van der Waals surface area contributed by atoms with Gasteiger partial charge in [-0.1, -0.05) is 15.9 Å². The zero-order valence-corrected chi connectivity index (χ0v) is 14.1. The highest BCUT2D eigenvalue weighted by molar-refractivity contribution is 9.10. The summed E-state index contributed by atoms with van der Waals surface area (Å²) in [4.78, 5) is 24.1.